The van der Waals surface area contributed by atoms with E-state index in [1.807, 2.05) is 30.6 Å². The van der Waals surface area contributed by atoms with Crippen LogP contribution < -0.4 is 5.56 Å². The summed E-state index contributed by atoms with van der Waals surface area (Å²) in [6, 6.07) is 12.5. The molecule has 0 amide bonds. The Balaban J connectivity index is 1.55. The molecule has 27 heavy (non-hydrogen) atoms. The number of H-pyrrole nitrogens is 1. The van der Waals surface area contributed by atoms with E-state index in [4.69, 9.17) is 0 Å². The van der Waals surface area contributed by atoms with Crippen LogP contribution in [-0.4, -0.2) is 14.6 Å². The van der Waals surface area contributed by atoms with Crippen LogP contribution >= 0.6 is 11.3 Å². The van der Waals surface area contributed by atoms with Gasteiger partial charge in [0.2, 0.25) is 0 Å². The van der Waals surface area contributed by atoms with Crippen LogP contribution in [0.4, 0.5) is 0 Å². The zero-order valence-corrected chi connectivity index (χ0v) is 15.8. The fourth-order valence-corrected chi connectivity index (χ4v) is 5.04. The number of aromatic nitrogens is 3. The molecule has 0 saturated heterocycles. The third kappa shape index (κ3) is 2.92. The molecule has 136 valence electrons. The SMILES string of the molecule is O=c1c(C2CCCCC2)cnc2c(-c3cc(-c4ccccc4)cs3)c[nH]n12. The molecule has 4 aromatic rings. The van der Waals surface area contributed by atoms with E-state index in [-0.39, 0.29) is 5.56 Å². The Morgan fingerprint density at radius 1 is 1.07 bits per heavy atom. The van der Waals surface area contributed by atoms with E-state index in [0.29, 0.717) is 11.6 Å². The van der Waals surface area contributed by atoms with Gasteiger partial charge in [0.1, 0.15) is 0 Å². The van der Waals surface area contributed by atoms with Crippen LogP contribution in [0.1, 0.15) is 43.6 Å². The zero-order chi connectivity index (χ0) is 18.2. The summed E-state index contributed by atoms with van der Waals surface area (Å²) in [5.41, 5.74) is 4.99. The maximum absolute atomic E-state index is 13.0. The molecule has 5 heteroatoms. The molecule has 3 heterocycles. The summed E-state index contributed by atoms with van der Waals surface area (Å²) in [7, 11) is 0. The third-order valence-corrected chi connectivity index (χ3v) is 6.55. The van der Waals surface area contributed by atoms with Crippen molar-refractivity contribution < 1.29 is 0 Å². The summed E-state index contributed by atoms with van der Waals surface area (Å²) in [4.78, 5) is 18.8. The molecule has 3 aromatic heterocycles. The van der Waals surface area contributed by atoms with Crippen molar-refractivity contribution in [1.82, 2.24) is 14.6 Å². The molecule has 0 atom stereocenters. The number of nitrogens with zero attached hydrogens (tertiary/aromatic N) is 2. The van der Waals surface area contributed by atoms with Crippen molar-refractivity contribution in [3.63, 3.8) is 0 Å². The van der Waals surface area contributed by atoms with Gasteiger partial charge in [0.25, 0.3) is 5.56 Å². The van der Waals surface area contributed by atoms with Gasteiger partial charge in [-0.3, -0.25) is 9.89 Å². The molecule has 0 spiro atoms. The van der Waals surface area contributed by atoms with Crippen LogP contribution in [0, 0.1) is 0 Å². The molecular weight excluding hydrogens is 354 g/mol. The van der Waals surface area contributed by atoms with Crippen LogP contribution in [0.5, 0.6) is 0 Å². The van der Waals surface area contributed by atoms with E-state index in [0.717, 1.165) is 28.8 Å². The molecule has 1 aromatic carbocycles. The highest BCUT2D eigenvalue weighted by atomic mass is 32.1. The van der Waals surface area contributed by atoms with Crippen LogP contribution in [0.2, 0.25) is 0 Å². The van der Waals surface area contributed by atoms with Gasteiger partial charge < -0.3 is 0 Å². The molecule has 1 N–H and O–H groups in total. The minimum Gasteiger partial charge on any atom is -0.296 e. The number of rotatable bonds is 3. The Kier molecular flexibility index (Phi) is 4.17. The summed E-state index contributed by atoms with van der Waals surface area (Å²) < 4.78 is 1.61. The number of aromatic amines is 1. The Hall–Kier alpha value is -2.66. The topological polar surface area (TPSA) is 50.2 Å². The van der Waals surface area contributed by atoms with Gasteiger partial charge in [-0.25, -0.2) is 9.50 Å². The van der Waals surface area contributed by atoms with Gasteiger partial charge >= 0.3 is 0 Å². The van der Waals surface area contributed by atoms with E-state index in [1.54, 1.807) is 15.9 Å². The van der Waals surface area contributed by atoms with E-state index < -0.39 is 0 Å². The summed E-state index contributed by atoms with van der Waals surface area (Å²) in [6.45, 7) is 0. The molecule has 1 aliphatic rings. The van der Waals surface area contributed by atoms with Crippen molar-refractivity contribution in [2.24, 2.45) is 0 Å². The zero-order valence-electron chi connectivity index (χ0n) is 15.0. The van der Waals surface area contributed by atoms with Crippen molar-refractivity contribution >= 4 is 17.0 Å². The first kappa shape index (κ1) is 16.5. The third-order valence-electron chi connectivity index (χ3n) is 5.58. The van der Waals surface area contributed by atoms with Crippen molar-refractivity contribution in [3.05, 3.63) is 70.1 Å². The lowest BCUT2D eigenvalue weighted by Gasteiger charge is -2.20. The second kappa shape index (κ2) is 6.82. The first-order valence-electron chi connectivity index (χ1n) is 9.54. The number of nitrogens with one attached hydrogen (secondary N) is 1. The number of thiophene rings is 1. The average molecular weight is 375 g/mol. The number of fused-ring (bicyclic) bond motifs is 1. The van der Waals surface area contributed by atoms with Gasteiger partial charge in [0, 0.05) is 22.8 Å². The lowest BCUT2D eigenvalue weighted by molar-refractivity contribution is 0.439. The van der Waals surface area contributed by atoms with Gasteiger partial charge in [-0.1, -0.05) is 49.6 Å². The molecule has 5 rings (SSSR count). The highest BCUT2D eigenvalue weighted by molar-refractivity contribution is 7.14. The van der Waals surface area contributed by atoms with Gasteiger partial charge in [0.15, 0.2) is 5.65 Å². The molecule has 4 nitrogen and oxygen atoms in total. The summed E-state index contributed by atoms with van der Waals surface area (Å²) in [5, 5.41) is 5.29. The Morgan fingerprint density at radius 2 is 1.89 bits per heavy atom. The fraction of sp³-hybridized carbons (Fsp3) is 0.273. The minimum absolute atomic E-state index is 0.0537. The lowest BCUT2D eigenvalue weighted by Crippen LogP contribution is -2.23. The van der Waals surface area contributed by atoms with Crippen molar-refractivity contribution in [3.8, 4) is 21.6 Å². The molecule has 0 radical (unpaired) electrons. The number of hydrogen-bond donors (Lipinski definition) is 1. The first-order chi connectivity index (χ1) is 13.3. The quantitative estimate of drug-likeness (QED) is 0.516. The van der Waals surface area contributed by atoms with E-state index in [1.165, 1.54) is 30.4 Å². The normalized spacial score (nSPS) is 15.4. The first-order valence-corrected chi connectivity index (χ1v) is 10.4. The fourth-order valence-electron chi connectivity index (χ4n) is 4.11. The molecule has 0 aliphatic heterocycles. The maximum atomic E-state index is 13.0. The average Bonchev–Trinajstić information content (AvgIpc) is 3.37. The molecule has 1 saturated carbocycles. The number of hydrogen-bond acceptors (Lipinski definition) is 3. The van der Waals surface area contributed by atoms with E-state index in [9.17, 15) is 4.79 Å². The smallest absolute Gasteiger partial charge is 0.276 e. The summed E-state index contributed by atoms with van der Waals surface area (Å²) in [6.07, 6.45) is 9.61. The second-order valence-electron chi connectivity index (χ2n) is 7.27. The van der Waals surface area contributed by atoms with Crippen molar-refractivity contribution in [1.29, 1.82) is 0 Å². The van der Waals surface area contributed by atoms with Gasteiger partial charge in [-0.15, -0.1) is 11.3 Å². The van der Waals surface area contributed by atoms with Crippen molar-refractivity contribution in [2.75, 3.05) is 0 Å². The van der Waals surface area contributed by atoms with Gasteiger partial charge in [-0.2, -0.15) is 0 Å². The molecule has 1 aliphatic carbocycles. The minimum atomic E-state index is 0.0537. The molecule has 1 fully saturated rings. The second-order valence-corrected chi connectivity index (χ2v) is 8.18. The number of benzene rings is 1. The Bertz CT molecular complexity index is 1130. The molecular formula is C22H21N3OS. The van der Waals surface area contributed by atoms with Gasteiger partial charge in [-0.05, 0) is 41.3 Å². The molecule has 0 bridgehead atoms. The highest BCUT2D eigenvalue weighted by Gasteiger charge is 2.21. The monoisotopic (exact) mass is 375 g/mol. The van der Waals surface area contributed by atoms with Crippen LogP contribution in [0.25, 0.3) is 27.2 Å². The largest absolute Gasteiger partial charge is 0.296 e. The van der Waals surface area contributed by atoms with Crippen molar-refractivity contribution in [2.45, 2.75) is 38.0 Å². The summed E-state index contributed by atoms with van der Waals surface area (Å²) in [5.74, 6) is 0.355. The van der Waals surface area contributed by atoms with E-state index >= 15 is 0 Å². The van der Waals surface area contributed by atoms with Gasteiger partial charge in [0.05, 0.1) is 5.56 Å². The van der Waals surface area contributed by atoms with Crippen LogP contribution in [-0.2, 0) is 0 Å². The summed E-state index contributed by atoms with van der Waals surface area (Å²) >= 11 is 1.68. The Labute approximate surface area is 161 Å². The predicted octanol–water partition coefficient (Wildman–Crippen LogP) is 5.47. The Morgan fingerprint density at radius 3 is 2.70 bits per heavy atom. The van der Waals surface area contributed by atoms with Crippen LogP contribution in [0.3, 0.4) is 0 Å². The standard InChI is InChI=1S/C22H21N3OS/c26-22-18(16-9-5-2-6-10-16)12-23-21-19(13-24-25(21)22)20-11-17(14-27-20)15-7-3-1-4-8-15/h1,3-4,7-8,11-14,16,24H,2,5-6,9-10H2. The predicted molar refractivity (Wildman–Crippen MR) is 110 cm³/mol. The lowest BCUT2D eigenvalue weighted by atomic mass is 9.85. The molecule has 0 unspecified atom stereocenters. The van der Waals surface area contributed by atoms with E-state index in [2.05, 4.69) is 33.7 Å². The highest BCUT2D eigenvalue weighted by Crippen LogP contribution is 2.35. The maximum Gasteiger partial charge on any atom is 0.276 e. The van der Waals surface area contributed by atoms with Crippen LogP contribution in [0.15, 0.2) is 59.0 Å².